The molecule has 1 heterocycles. The molecule has 0 radical (unpaired) electrons. The first-order chi connectivity index (χ1) is 9.55. The van der Waals surface area contributed by atoms with E-state index in [2.05, 4.69) is 26.2 Å². The van der Waals surface area contributed by atoms with E-state index in [1.807, 2.05) is 0 Å². The number of benzene rings is 1. The summed E-state index contributed by atoms with van der Waals surface area (Å²) in [7, 11) is 3.00. The Kier molecular flexibility index (Phi) is 4.67. The Morgan fingerprint density at radius 1 is 1.20 bits per heavy atom. The molecular weight excluding hydrogens is 351 g/mol. The van der Waals surface area contributed by atoms with Gasteiger partial charge in [0.05, 0.1) is 24.9 Å². The highest BCUT2D eigenvalue weighted by Crippen LogP contribution is 2.37. The highest BCUT2D eigenvalue weighted by atomic mass is 79.9. The van der Waals surface area contributed by atoms with Gasteiger partial charge in [-0.15, -0.1) is 0 Å². The van der Waals surface area contributed by atoms with E-state index in [4.69, 9.17) is 21.1 Å². The normalized spacial score (nSPS) is 10.2. The molecule has 0 bridgehead atoms. The van der Waals surface area contributed by atoms with Crippen LogP contribution in [0.2, 0.25) is 5.02 Å². The molecule has 106 valence electrons. The zero-order chi connectivity index (χ0) is 14.7. The number of hydrogen-bond donors (Lipinski definition) is 1. The number of nitrogens with zero attached hydrogens (tertiary/aromatic N) is 1. The van der Waals surface area contributed by atoms with Crippen molar-refractivity contribution in [1.82, 2.24) is 4.98 Å². The van der Waals surface area contributed by atoms with E-state index in [0.717, 1.165) is 0 Å². The minimum atomic E-state index is -0.492. The van der Waals surface area contributed by atoms with Crippen molar-refractivity contribution in [2.75, 3.05) is 19.5 Å². The van der Waals surface area contributed by atoms with Gasteiger partial charge in [0.25, 0.3) is 0 Å². The van der Waals surface area contributed by atoms with Crippen LogP contribution in [0.4, 0.5) is 15.9 Å². The maximum Gasteiger partial charge on any atom is 0.166 e. The van der Waals surface area contributed by atoms with Crippen LogP contribution in [0.1, 0.15) is 0 Å². The van der Waals surface area contributed by atoms with Gasteiger partial charge in [-0.25, -0.2) is 9.37 Å². The van der Waals surface area contributed by atoms with E-state index in [9.17, 15) is 4.39 Å². The van der Waals surface area contributed by atoms with Crippen LogP contribution in [0, 0.1) is 5.82 Å². The van der Waals surface area contributed by atoms with Crippen molar-refractivity contribution in [3.8, 4) is 11.5 Å². The number of methoxy groups -OCH3 is 2. The largest absolute Gasteiger partial charge is 0.495 e. The zero-order valence-corrected chi connectivity index (χ0v) is 13.0. The highest BCUT2D eigenvalue weighted by molar-refractivity contribution is 9.10. The lowest BCUT2D eigenvalue weighted by Gasteiger charge is -2.13. The van der Waals surface area contributed by atoms with E-state index >= 15 is 0 Å². The van der Waals surface area contributed by atoms with E-state index < -0.39 is 5.82 Å². The Bertz CT molecular complexity index is 640. The summed E-state index contributed by atoms with van der Waals surface area (Å²) in [5, 5.41) is 3.22. The van der Waals surface area contributed by atoms with Crippen molar-refractivity contribution in [2.45, 2.75) is 0 Å². The van der Waals surface area contributed by atoms with Crippen molar-refractivity contribution >= 4 is 39.0 Å². The summed E-state index contributed by atoms with van der Waals surface area (Å²) in [5.74, 6) is 0.523. The Morgan fingerprint density at radius 3 is 2.50 bits per heavy atom. The van der Waals surface area contributed by atoms with Crippen LogP contribution in [0.15, 0.2) is 28.9 Å². The van der Waals surface area contributed by atoms with Crippen molar-refractivity contribution in [3.63, 3.8) is 0 Å². The third-order valence-corrected chi connectivity index (χ3v) is 3.26. The highest BCUT2D eigenvalue weighted by Gasteiger charge is 2.12. The average molecular weight is 362 g/mol. The fraction of sp³-hybridized carbons (Fsp3) is 0.154. The zero-order valence-electron chi connectivity index (χ0n) is 10.7. The second kappa shape index (κ2) is 6.28. The smallest absolute Gasteiger partial charge is 0.166 e. The van der Waals surface area contributed by atoms with Gasteiger partial charge in [0.1, 0.15) is 11.5 Å². The van der Waals surface area contributed by atoms with E-state index in [0.29, 0.717) is 26.7 Å². The van der Waals surface area contributed by atoms with Gasteiger partial charge in [0, 0.05) is 16.7 Å². The number of halogens is 3. The molecule has 1 aromatic heterocycles. The first-order valence-electron chi connectivity index (χ1n) is 5.54. The van der Waals surface area contributed by atoms with Gasteiger partial charge >= 0.3 is 0 Å². The van der Waals surface area contributed by atoms with E-state index in [1.165, 1.54) is 26.5 Å². The molecule has 2 rings (SSSR count). The number of aromatic nitrogens is 1. The molecule has 0 spiro atoms. The van der Waals surface area contributed by atoms with Crippen LogP contribution in [0.25, 0.3) is 0 Å². The maximum absolute atomic E-state index is 13.8. The topological polar surface area (TPSA) is 43.4 Å². The molecular formula is C13H11BrClFN2O2. The summed E-state index contributed by atoms with van der Waals surface area (Å²) in [6, 6.07) is 4.51. The quantitative estimate of drug-likeness (QED) is 0.877. The third-order valence-electron chi connectivity index (χ3n) is 2.53. The number of rotatable bonds is 4. The van der Waals surface area contributed by atoms with Crippen LogP contribution in [-0.4, -0.2) is 19.2 Å². The van der Waals surface area contributed by atoms with Gasteiger partial charge < -0.3 is 14.8 Å². The number of ether oxygens (including phenoxy) is 2. The molecule has 1 aromatic carbocycles. The third kappa shape index (κ3) is 3.13. The minimum Gasteiger partial charge on any atom is -0.495 e. The monoisotopic (exact) mass is 360 g/mol. The lowest BCUT2D eigenvalue weighted by atomic mass is 10.2. The predicted octanol–water partition coefficient (Wildman–Crippen LogP) is 4.40. The first kappa shape index (κ1) is 14.9. The van der Waals surface area contributed by atoms with Gasteiger partial charge in [0.2, 0.25) is 0 Å². The summed E-state index contributed by atoms with van der Waals surface area (Å²) in [6.45, 7) is 0. The molecule has 1 N–H and O–H groups in total. The molecule has 0 aliphatic heterocycles. The summed E-state index contributed by atoms with van der Waals surface area (Å²) < 4.78 is 24.6. The van der Waals surface area contributed by atoms with Gasteiger partial charge in [-0.2, -0.15) is 0 Å². The van der Waals surface area contributed by atoms with Crippen molar-refractivity contribution in [1.29, 1.82) is 0 Å². The standard InChI is InChI=1S/C13H11BrClFN2O2/c1-19-11-5-12(20-2)10(4-8(11)15)18-13-9(16)3-7(14)6-17-13/h3-6H,1-2H3,(H,17,18). The van der Waals surface area contributed by atoms with Gasteiger partial charge in [-0.1, -0.05) is 11.6 Å². The fourth-order valence-electron chi connectivity index (χ4n) is 1.59. The predicted molar refractivity (Wildman–Crippen MR) is 79.7 cm³/mol. The molecule has 0 aliphatic carbocycles. The van der Waals surface area contributed by atoms with Crippen LogP contribution in [0.5, 0.6) is 11.5 Å². The first-order valence-corrected chi connectivity index (χ1v) is 6.72. The number of anilines is 2. The van der Waals surface area contributed by atoms with Crippen molar-refractivity contribution in [3.05, 3.63) is 39.7 Å². The number of hydrogen-bond acceptors (Lipinski definition) is 4. The number of nitrogens with one attached hydrogen (secondary N) is 1. The summed E-state index contributed by atoms with van der Waals surface area (Å²) in [6.07, 6.45) is 1.49. The van der Waals surface area contributed by atoms with Crippen molar-refractivity contribution in [2.24, 2.45) is 0 Å². The molecule has 2 aromatic rings. The van der Waals surface area contributed by atoms with Crippen LogP contribution in [0.3, 0.4) is 0 Å². The lowest BCUT2D eigenvalue weighted by molar-refractivity contribution is 0.395. The van der Waals surface area contributed by atoms with Gasteiger partial charge in [-0.05, 0) is 28.1 Å². The molecule has 0 aliphatic rings. The van der Waals surface area contributed by atoms with E-state index in [1.54, 1.807) is 12.1 Å². The van der Waals surface area contributed by atoms with Crippen molar-refractivity contribution < 1.29 is 13.9 Å². The summed E-state index contributed by atoms with van der Waals surface area (Å²) >= 11 is 9.20. The van der Waals surface area contributed by atoms with Crippen LogP contribution < -0.4 is 14.8 Å². The second-order valence-electron chi connectivity index (χ2n) is 3.80. The molecule has 0 amide bonds. The molecule has 4 nitrogen and oxygen atoms in total. The second-order valence-corrected chi connectivity index (χ2v) is 5.12. The van der Waals surface area contributed by atoms with Crippen LogP contribution >= 0.6 is 27.5 Å². The fourth-order valence-corrected chi connectivity index (χ4v) is 2.14. The molecule has 0 fully saturated rings. The average Bonchev–Trinajstić information content (AvgIpc) is 2.42. The van der Waals surface area contributed by atoms with Gasteiger partial charge in [0.15, 0.2) is 11.6 Å². The maximum atomic E-state index is 13.8. The molecule has 0 unspecified atom stereocenters. The van der Waals surface area contributed by atoms with Crippen LogP contribution in [-0.2, 0) is 0 Å². The molecule has 0 atom stereocenters. The molecule has 0 saturated carbocycles. The number of pyridine rings is 1. The molecule has 7 heteroatoms. The Labute approximate surface area is 129 Å². The molecule has 0 saturated heterocycles. The summed E-state index contributed by atoms with van der Waals surface area (Å²) in [5.41, 5.74) is 0.493. The lowest BCUT2D eigenvalue weighted by Crippen LogP contribution is -2.00. The Hall–Kier alpha value is -1.53. The SMILES string of the molecule is COc1cc(OC)c(Nc2ncc(Br)cc2F)cc1Cl. The summed E-state index contributed by atoms with van der Waals surface area (Å²) in [4.78, 5) is 3.96. The minimum absolute atomic E-state index is 0.0766. The van der Waals surface area contributed by atoms with Gasteiger partial charge in [-0.3, -0.25) is 0 Å². The Morgan fingerprint density at radius 2 is 1.90 bits per heavy atom. The Balaban J connectivity index is 2.40. The molecule has 20 heavy (non-hydrogen) atoms. The van der Waals surface area contributed by atoms with E-state index in [-0.39, 0.29) is 5.82 Å².